The Balaban J connectivity index is 2.22. The van der Waals surface area contributed by atoms with Crippen LogP contribution in [0.5, 0.6) is 0 Å². The summed E-state index contributed by atoms with van der Waals surface area (Å²) in [7, 11) is 0. The minimum atomic E-state index is 0.289. The van der Waals surface area contributed by atoms with Gasteiger partial charge in [0.05, 0.1) is 5.38 Å². The smallest absolute Gasteiger partial charge is 0.0515 e. The Bertz CT molecular complexity index is 194. The van der Waals surface area contributed by atoms with Crippen molar-refractivity contribution in [3.05, 3.63) is 24.5 Å². The Morgan fingerprint density at radius 1 is 1.33 bits per heavy atom. The first kappa shape index (κ1) is 9.66. The Kier molecular flexibility index (Phi) is 4.23. The van der Waals surface area contributed by atoms with Gasteiger partial charge in [0.25, 0.3) is 0 Å². The van der Waals surface area contributed by atoms with Crippen molar-refractivity contribution in [2.75, 3.05) is 0 Å². The Morgan fingerprint density at radius 3 is 2.58 bits per heavy atom. The highest BCUT2D eigenvalue weighted by molar-refractivity contribution is 6.20. The van der Waals surface area contributed by atoms with Gasteiger partial charge in [0.15, 0.2) is 0 Å². The monoisotopic (exact) mass is 185 g/mol. The first-order valence-electron chi connectivity index (χ1n) is 4.57. The molecule has 1 aromatic heterocycles. The topological polar surface area (TPSA) is 4.93 Å². The second-order valence-electron chi connectivity index (χ2n) is 3.12. The molecular weight excluding hydrogens is 170 g/mol. The number of halogens is 1. The quantitative estimate of drug-likeness (QED) is 0.621. The van der Waals surface area contributed by atoms with Crippen molar-refractivity contribution in [3.63, 3.8) is 0 Å². The normalized spacial score (nSPS) is 13.2. The average Bonchev–Trinajstić information content (AvgIpc) is 2.53. The molecule has 1 unspecified atom stereocenters. The van der Waals surface area contributed by atoms with Crippen LogP contribution in [0.4, 0.5) is 0 Å². The van der Waals surface area contributed by atoms with Gasteiger partial charge in [-0.25, -0.2) is 0 Å². The predicted molar refractivity (Wildman–Crippen MR) is 53.6 cm³/mol. The van der Waals surface area contributed by atoms with Gasteiger partial charge in [-0.15, -0.1) is 11.6 Å². The van der Waals surface area contributed by atoms with Gasteiger partial charge in [0.2, 0.25) is 0 Å². The largest absolute Gasteiger partial charge is 0.353 e. The summed E-state index contributed by atoms with van der Waals surface area (Å²) in [5.41, 5.74) is 0. The standard InChI is InChI=1S/C10H16ClN/c1-2-3-6-10(11)9-12-7-4-5-8-12/h4-5,7-8,10H,2-3,6,9H2,1H3. The molecule has 0 saturated carbocycles. The molecule has 0 radical (unpaired) electrons. The third-order valence-electron chi connectivity index (χ3n) is 1.95. The molecule has 0 bridgehead atoms. The minimum Gasteiger partial charge on any atom is -0.353 e. The van der Waals surface area contributed by atoms with E-state index in [1.807, 2.05) is 12.1 Å². The lowest BCUT2D eigenvalue weighted by Crippen LogP contribution is -2.08. The summed E-state index contributed by atoms with van der Waals surface area (Å²) in [6.07, 6.45) is 7.70. The number of hydrogen-bond acceptors (Lipinski definition) is 0. The highest BCUT2D eigenvalue weighted by Gasteiger charge is 2.03. The summed E-state index contributed by atoms with van der Waals surface area (Å²) >= 11 is 6.13. The zero-order valence-electron chi connectivity index (χ0n) is 7.54. The maximum Gasteiger partial charge on any atom is 0.0515 e. The molecule has 0 aliphatic carbocycles. The van der Waals surface area contributed by atoms with Crippen molar-refractivity contribution in [2.45, 2.75) is 38.1 Å². The summed E-state index contributed by atoms with van der Waals surface area (Å²) in [6, 6.07) is 4.06. The second-order valence-corrected chi connectivity index (χ2v) is 3.74. The molecule has 1 heterocycles. The molecule has 0 aromatic carbocycles. The van der Waals surface area contributed by atoms with Crippen LogP contribution in [0.2, 0.25) is 0 Å². The molecule has 0 aliphatic rings. The molecule has 1 nitrogen and oxygen atoms in total. The van der Waals surface area contributed by atoms with Crippen molar-refractivity contribution >= 4 is 11.6 Å². The molecule has 1 aromatic rings. The van der Waals surface area contributed by atoms with Gasteiger partial charge in [0, 0.05) is 18.9 Å². The van der Waals surface area contributed by atoms with Crippen LogP contribution in [0, 0.1) is 0 Å². The number of unbranched alkanes of at least 4 members (excludes halogenated alkanes) is 1. The second kappa shape index (κ2) is 5.26. The van der Waals surface area contributed by atoms with Crippen molar-refractivity contribution in [1.29, 1.82) is 0 Å². The van der Waals surface area contributed by atoms with Crippen LogP contribution in [0.1, 0.15) is 26.2 Å². The molecule has 0 fully saturated rings. The highest BCUT2D eigenvalue weighted by atomic mass is 35.5. The van der Waals surface area contributed by atoms with E-state index in [2.05, 4.69) is 23.9 Å². The van der Waals surface area contributed by atoms with Crippen LogP contribution in [0.25, 0.3) is 0 Å². The summed E-state index contributed by atoms with van der Waals surface area (Å²) in [4.78, 5) is 0. The molecular formula is C10H16ClN. The van der Waals surface area contributed by atoms with Crippen LogP contribution >= 0.6 is 11.6 Å². The van der Waals surface area contributed by atoms with E-state index in [1.165, 1.54) is 12.8 Å². The van der Waals surface area contributed by atoms with Gasteiger partial charge in [-0.1, -0.05) is 19.8 Å². The van der Waals surface area contributed by atoms with Gasteiger partial charge in [-0.2, -0.15) is 0 Å². The van der Waals surface area contributed by atoms with Crippen molar-refractivity contribution in [2.24, 2.45) is 0 Å². The fraction of sp³-hybridized carbons (Fsp3) is 0.600. The number of alkyl halides is 1. The molecule has 0 aliphatic heterocycles. The number of hydrogen-bond donors (Lipinski definition) is 0. The van der Waals surface area contributed by atoms with E-state index >= 15 is 0 Å². The molecule has 0 saturated heterocycles. The van der Waals surface area contributed by atoms with E-state index in [0.29, 0.717) is 0 Å². The van der Waals surface area contributed by atoms with Crippen LogP contribution in [-0.4, -0.2) is 9.94 Å². The van der Waals surface area contributed by atoms with E-state index < -0.39 is 0 Å². The number of aromatic nitrogens is 1. The SMILES string of the molecule is CCCCC(Cl)Cn1cccc1. The fourth-order valence-corrected chi connectivity index (χ4v) is 1.55. The van der Waals surface area contributed by atoms with Gasteiger partial charge < -0.3 is 4.57 Å². The lowest BCUT2D eigenvalue weighted by Gasteiger charge is -2.09. The van der Waals surface area contributed by atoms with Crippen molar-refractivity contribution < 1.29 is 0 Å². The summed E-state index contributed by atoms with van der Waals surface area (Å²) < 4.78 is 2.13. The van der Waals surface area contributed by atoms with Gasteiger partial charge in [-0.3, -0.25) is 0 Å². The van der Waals surface area contributed by atoms with Crippen molar-refractivity contribution in [1.82, 2.24) is 4.57 Å². The lowest BCUT2D eigenvalue weighted by atomic mass is 10.2. The Hall–Kier alpha value is -0.430. The van der Waals surface area contributed by atoms with Crippen LogP contribution in [-0.2, 0) is 6.54 Å². The minimum absolute atomic E-state index is 0.289. The molecule has 1 atom stereocenters. The Labute approximate surface area is 79.3 Å². The van der Waals surface area contributed by atoms with E-state index in [4.69, 9.17) is 11.6 Å². The summed E-state index contributed by atoms with van der Waals surface area (Å²) in [6.45, 7) is 3.13. The maximum atomic E-state index is 6.13. The number of nitrogens with zero attached hydrogens (tertiary/aromatic N) is 1. The molecule has 68 valence electrons. The van der Waals surface area contributed by atoms with E-state index in [0.717, 1.165) is 13.0 Å². The van der Waals surface area contributed by atoms with E-state index in [1.54, 1.807) is 0 Å². The van der Waals surface area contributed by atoms with E-state index in [-0.39, 0.29) is 5.38 Å². The molecule has 12 heavy (non-hydrogen) atoms. The fourth-order valence-electron chi connectivity index (χ4n) is 1.24. The maximum absolute atomic E-state index is 6.13. The molecule has 0 spiro atoms. The number of rotatable bonds is 5. The third kappa shape index (κ3) is 3.31. The lowest BCUT2D eigenvalue weighted by molar-refractivity contribution is 0.592. The van der Waals surface area contributed by atoms with Crippen molar-refractivity contribution in [3.8, 4) is 0 Å². The average molecular weight is 186 g/mol. The summed E-state index contributed by atoms with van der Waals surface area (Å²) in [5, 5.41) is 0.289. The zero-order valence-corrected chi connectivity index (χ0v) is 8.30. The van der Waals surface area contributed by atoms with Gasteiger partial charge >= 0.3 is 0 Å². The third-order valence-corrected chi connectivity index (χ3v) is 2.30. The molecule has 1 rings (SSSR count). The van der Waals surface area contributed by atoms with Crippen LogP contribution in [0.3, 0.4) is 0 Å². The predicted octanol–water partition coefficient (Wildman–Crippen LogP) is 3.29. The zero-order chi connectivity index (χ0) is 8.81. The molecule has 0 N–H and O–H groups in total. The Morgan fingerprint density at radius 2 is 2.00 bits per heavy atom. The molecule has 2 heteroatoms. The summed E-state index contributed by atoms with van der Waals surface area (Å²) in [5.74, 6) is 0. The van der Waals surface area contributed by atoms with Crippen LogP contribution < -0.4 is 0 Å². The van der Waals surface area contributed by atoms with Gasteiger partial charge in [0.1, 0.15) is 0 Å². The first-order valence-corrected chi connectivity index (χ1v) is 5.01. The first-order chi connectivity index (χ1) is 5.83. The molecule has 0 amide bonds. The van der Waals surface area contributed by atoms with Crippen LogP contribution in [0.15, 0.2) is 24.5 Å². The highest BCUT2D eigenvalue weighted by Crippen LogP contribution is 2.09. The van der Waals surface area contributed by atoms with Gasteiger partial charge in [-0.05, 0) is 18.6 Å². The van der Waals surface area contributed by atoms with E-state index in [9.17, 15) is 0 Å².